The number of nitro benzene ring substituents is 2. The Balaban J connectivity index is 1.55. The van der Waals surface area contributed by atoms with Gasteiger partial charge >= 0.3 is 11.7 Å². The van der Waals surface area contributed by atoms with E-state index in [1.54, 1.807) is 62.4 Å². The molecule has 1 aliphatic rings. The summed E-state index contributed by atoms with van der Waals surface area (Å²) < 4.78 is 24.4. The van der Waals surface area contributed by atoms with Crippen LogP contribution >= 0.6 is 11.3 Å². The number of thiazole rings is 1. The van der Waals surface area contributed by atoms with Crippen LogP contribution in [-0.2, 0) is 9.53 Å². The highest BCUT2D eigenvalue weighted by Crippen LogP contribution is 2.37. The molecule has 0 amide bonds. The molecule has 0 saturated heterocycles. The van der Waals surface area contributed by atoms with E-state index in [0.717, 1.165) is 29.5 Å². The summed E-state index contributed by atoms with van der Waals surface area (Å²) in [6, 6.07) is 13.9. The number of hydrogen-bond donors (Lipinski definition) is 0. The Morgan fingerprint density at radius 1 is 0.917 bits per heavy atom. The predicted molar refractivity (Wildman–Crippen MR) is 175 cm³/mol. The number of allylic oxidation sites excluding steroid dienone is 1. The van der Waals surface area contributed by atoms with Crippen molar-refractivity contribution in [1.82, 2.24) is 4.57 Å². The first-order valence-electron chi connectivity index (χ1n) is 14.9. The van der Waals surface area contributed by atoms with Crippen LogP contribution in [0, 0.1) is 20.2 Å². The maximum Gasteiger partial charge on any atom is 0.338 e. The first kappa shape index (κ1) is 33.5. The fraction of sp³-hybridized carbons (Fsp3) is 0.242. The Kier molecular flexibility index (Phi) is 9.99. The van der Waals surface area contributed by atoms with Crippen LogP contribution in [0.1, 0.15) is 44.9 Å². The average Bonchev–Trinajstić information content (AvgIpc) is 3.36. The van der Waals surface area contributed by atoms with Crippen LogP contribution in [-0.4, -0.2) is 40.2 Å². The summed E-state index contributed by atoms with van der Waals surface area (Å²) in [7, 11) is 0. The largest absolute Gasteiger partial charge is 0.490 e. The summed E-state index contributed by atoms with van der Waals surface area (Å²) >= 11 is 1.15. The molecule has 248 valence electrons. The lowest BCUT2D eigenvalue weighted by atomic mass is 9.95. The normalized spacial score (nSPS) is 14.2. The molecule has 15 heteroatoms. The van der Waals surface area contributed by atoms with E-state index < -0.39 is 33.2 Å². The van der Waals surface area contributed by atoms with Gasteiger partial charge in [-0.15, -0.1) is 0 Å². The molecule has 5 rings (SSSR count). The Morgan fingerprint density at radius 3 is 2.25 bits per heavy atom. The van der Waals surface area contributed by atoms with Gasteiger partial charge in [0.1, 0.15) is 5.75 Å². The van der Waals surface area contributed by atoms with Crippen molar-refractivity contribution in [2.45, 2.75) is 33.7 Å². The second-order valence-electron chi connectivity index (χ2n) is 10.2. The lowest BCUT2D eigenvalue weighted by Gasteiger charge is -2.25. The van der Waals surface area contributed by atoms with E-state index in [2.05, 4.69) is 4.99 Å². The highest BCUT2D eigenvalue weighted by atomic mass is 32.1. The zero-order valence-electron chi connectivity index (χ0n) is 26.3. The number of hydrogen-bond acceptors (Lipinski definition) is 12. The molecule has 0 unspecified atom stereocenters. The van der Waals surface area contributed by atoms with Crippen molar-refractivity contribution in [3.05, 3.63) is 123 Å². The maximum atomic E-state index is 14.0. The fourth-order valence-corrected chi connectivity index (χ4v) is 6.15. The topological polar surface area (TPSA) is 175 Å². The van der Waals surface area contributed by atoms with E-state index in [4.69, 9.17) is 18.9 Å². The molecule has 2 heterocycles. The number of aromatic nitrogens is 1. The number of non-ortho nitro benzene ring substituents is 1. The van der Waals surface area contributed by atoms with Crippen molar-refractivity contribution in [3.8, 4) is 23.0 Å². The molecule has 48 heavy (non-hydrogen) atoms. The van der Waals surface area contributed by atoms with Crippen molar-refractivity contribution >= 4 is 34.8 Å². The number of nitrogens with zero attached hydrogens (tertiary/aromatic N) is 4. The molecule has 0 saturated carbocycles. The number of fused-ring (bicyclic) bond motifs is 1. The first-order valence-corrected chi connectivity index (χ1v) is 15.7. The summed E-state index contributed by atoms with van der Waals surface area (Å²) in [5, 5.41) is 22.5. The molecule has 3 aromatic carbocycles. The van der Waals surface area contributed by atoms with Gasteiger partial charge < -0.3 is 18.9 Å². The molecule has 0 spiro atoms. The monoisotopic (exact) mass is 674 g/mol. The molecule has 0 aliphatic carbocycles. The zero-order valence-corrected chi connectivity index (χ0v) is 27.1. The number of esters is 1. The minimum atomic E-state index is -0.856. The van der Waals surface area contributed by atoms with E-state index in [1.807, 2.05) is 13.8 Å². The van der Waals surface area contributed by atoms with Gasteiger partial charge in [0.2, 0.25) is 5.75 Å². The first-order chi connectivity index (χ1) is 23.1. The van der Waals surface area contributed by atoms with Crippen LogP contribution in [0.5, 0.6) is 23.0 Å². The third-order valence-electron chi connectivity index (χ3n) is 7.16. The van der Waals surface area contributed by atoms with Crippen molar-refractivity contribution in [1.29, 1.82) is 0 Å². The van der Waals surface area contributed by atoms with Crippen LogP contribution in [0.15, 0.2) is 81.7 Å². The van der Waals surface area contributed by atoms with Crippen LogP contribution < -0.4 is 29.1 Å². The molecular weight excluding hydrogens is 644 g/mol. The number of rotatable bonds is 12. The molecule has 1 atom stereocenters. The van der Waals surface area contributed by atoms with E-state index in [1.165, 1.54) is 4.57 Å². The van der Waals surface area contributed by atoms with Crippen LogP contribution in [0.2, 0.25) is 0 Å². The number of nitro groups is 2. The summed E-state index contributed by atoms with van der Waals surface area (Å²) in [5.74, 6) is 0.485. The van der Waals surface area contributed by atoms with Gasteiger partial charge in [0.15, 0.2) is 16.3 Å². The van der Waals surface area contributed by atoms with Gasteiger partial charge in [0.05, 0.1) is 57.6 Å². The summed E-state index contributed by atoms with van der Waals surface area (Å²) in [6.07, 6.45) is 1.66. The number of carbonyl (C=O) groups is 1. The lowest BCUT2D eigenvalue weighted by molar-refractivity contribution is -0.394. The van der Waals surface area contributed by atoms with Gasteiger partial charge in [-0.25, -0.2) is 9.79 Å². The second-order valence-corrected chi connectivity index (χ2v) is 11.2. The molecule has 1 aromatic heterocycles. The highest BCUT2D eigenvalue weighted by Gasteiger charge is 2.34. The van der Waals surface area contributed by atoms with Gasteiger partial charge in [-0.1, -0.05) is 29.5 Å². The molecule has 1 aliphatic heterocycles. The van der Waals surface area contributed by atoms with E-state index in [0.29, 0.717) is 50.9 Å². The molecular formula is C33H30N4O10S. The SMILES string of the molecule is CCOC(=O)C1=C(C)N=c2s/c(=C\c3ccc(Oc4ccc([N+](=O)[O-])cc4[N+](=O)[O-])cc3)c(=O)n2[C@H]1c1ccc(OCC)c(OCC)c1. The predicted octanol–water partition coefficient (Wildman–Crippen LogP) is 5.20. The van der Waals surface area contributed by atoms with Crippen molar-refractivity contribution in [2.75, 3.05) is 19.8 Å². The maximum absolute atomic E-state index is 14.0. The third-order valence-corrected chi connectivity index (χ3v) is 8.14. The minimum Gasteiger partial charge on any atom is -0.490 e. The van der Waals surface area contributed by atoms with Gasteiger partial charge in [0, 0.05) is 6.07 Å². The quantitative estimate of drug-likeness (QED) is 0.110. The molecule has 0 bridgehead atoms. The summed E-state index contributed by atoms with van der Waals surface area (Å²) in [6.45, 7) is 8.04. The third kappa shape index (κ3) is 6.80. The van der Waals surface area contributed by atoms with Crippen LogP contribution in [0.25, 0.3) is 6.08 Å². The zero-order chi connectivity index (χ0) is 34.5. The molecule has 0 radical (unpaired) electrons. The number of ether oxygens (including phenoxy) is 4. The highest BCUT2D eigenvalue weighted by molar-refractivity contribution is 7.07. The lowest BCUT2D eigenvalue weighted by Crippen LogP contribution is -2.40. The van der Waals surface area contributed by atoms with Gasteiger partial charge in [-0.2, -0.15) is 0 Å². The van der Waals surface area contributed by atoms with Gasteiger partial charge in [0.25, 0.3) is 11.2 Å². The minimum absolute atomic E-state index is 0.136. The molecule has 0 fully saturated rings. The smallest absolute Gasteiger partial charge is 0.338 e. The van der Waals surface area contributed by atoms with Gasteiger partial charge in [-0.3, -0.25) is 29.6 Å². The molecule has 0 N–H and O–H groups in total. The Bertz CT molecular complexity index is 2120. The molecule has 14 nitrogen and oxygen atoms in total. The van der Waals surface area contributed by atoms with Crippen molar-refractivity contribution < 1.29 is 33.6 Å². The Morgan fingerprint density at radius 2 is 1.60 bits per heavy atom. The summed E-state index contributed by atoms with van der Waals surface area (Å²) in [5.41, 5.74) is 0.491. The Labute approximate surface area is 277 Å². The van der Waals surface area contributed by atoms with Crippen LogP contribution in [0.3, 0.4) is 0 Å². The number of carbonyl (C=O) groups excluding carboxylic acids is 1. The van der Waals surface area contributed by atoms with Crippen molar-refractivity contribution in [2.24, 2.45) is 4.99 Å². The standard InChI is InChI=1S/C33H30N4O10S/c1-5-44-26-14-10-21(17-27(26)45-6-2)30-29(32(39)46-7-3)19(4)34-33-35(30)31(38)28(48-33)16-20-8-12-23(13-9-20)47-25-15-11-22(36(40)41)18-24(25)37(42)43/h8-18,30H,5-7H2,1-4H3/b28-16-/t30-/m0/s1. The van der Waals surface area contributed by atoms with E-state index in [-0.39, 0.29) is 29.2 Å². The average molecular weight is 675 g/mol. The fourth-order valence-electron chi connectivity index (χ4n) is 5.10. The van der Waals surface area contributed by atoms with E-state index >= 15 is 0 Å². The van der Waals surface area contributed by atoms with Crippen molar-refractivity contribution in [3.63, 3.8) is 0 Å². The molecule has 4 aromatic rings. The summed E-state index contributed by atoms with van der Waals surface area (Å²) in [4.78, 5) is 53.3. The second kappa shape index (κ2) is 14.3. The Hall–Kier alpha value is -5.83. The van der Waals surface area contributed by atoms with Crippen LogP contribution in [0.4, 0.5) is 11.4 Å². The number of benzene rings is 3. The van der Waals surface area contributed by atoms with E-state index in [9.17, 15) is 29.8 Å². The van der Waals surface area contributed by atoms with Gasteiger partial charge in [-0.05, 0) is 75.2 Å².